The average Bonchev–Trinajstić information content (AvgIpc) is 3.18. The summed E-state index contributed by atoms with van der Waals surface area (Å²) in [4.78, 5) is 17.4. The second kappa shape index (κ2) is 9.38. The SMILES string of the molecule is COc1ccc(C(=O)Nc2c(Cl)cncc2Cl)c2c3cccc(Cl)c3n(Cc3ccc(F)cc3)c12. The molecule has 5 nitrogen and oxygen atoms in total. The molecule has 0 unspecified atom stereocenters. The number of anilines is 1. The summed E-state index contributed by atoms with van der Waals surface area (Å²) < 4.78 is 21.2. The van der Waals surface area contributed by atoms with Gasteiger partial charge in [0.2, 0.25) is 0 Å². The fourth-order valence-corrected chi connectivity index (χ4v) is 4.95. The predicted octanol–water partition coefficient (Wildman–Crippen LogP) is 7.60. The third-order valence-corrected chi connectivity index (χ3v) is 6.63. The molecule has 3 aromatic carbocycles. The van der Waals surface area contributed by atoms with E-state index in [1.807, 2.05) is 16.7 Å². The first-order chi connectivity index (χ1) is 16.9. The molecule has 0 fully saturated rings. The number of amides is 1. The summed E-state index contributed by atoms with van der Waals surface area (Å²) in [6.45, 7) is 0.382. The largest absolute Gasteiger partial charge is 0.495 e. The first kappa shape index (κ1) is 23.4. The molecular formula is C26H17Cl3FN3O2. The lowest BCUT2D eigenvalue weighted by atomic mass is 10.0. The second-order valence-electron chi connectivity index (χ2n) is 7.82. The van der Waals surface area contributed by atoms with E-state index in [2.05, 4.69) is 10.3 Å². The van der Waals surface area contributed by atoms with Crippen LogP contribution < -0.4 is 10.1 Å². The van der Waals surface area contributed by atoms with Crippen molar-refractivity contribution in [2.24, 2.45) is 0 Å². The van der Waals surface area contributed by atoms with Crippen LogP contribution in [0.1, 0.15) is 15.9 Å². The molecule has 1 N–H and O–H groups in total. The third-order valence-electron chi connectivity index (χ3n) is 5.75. The van der Waals surface area contributed by atoms with Gasteiger partial charge in [-0.1, -0.05) is 59.1 Å². The number of carbonyl (C=O) groups excluding carboxylic acids is 1. The molecule has 0 atom stereocenters. The van der Waals surface area contributed by atoms with Gasteiger partial charge in [0.25, 0.3) is 5.91 Å². The van der Waals surface area contributed by atoms with Gasteiger partial charge in [-0.15, -0.1) is 0 Å². The molecule has 0 radical (unpaired) electrons. The Bertz CT molecular complexity index is 1580. The van der Waals surface area contributed by atoms with E-state index < -0.39 is 5.91 Å². The number of ether oxygens (including phenoxy) is 1. The lowest BCUT2D eigenvalue weighted by Crippen LogP contribution is -2.13. The maximum Gasteiger partial charge on any atom is 0.256 e. The number of hydrogen-bond donors (Lipinski definition) is 1. The second-order valence-corrected chi connectivity index (χ2v) is 9.04. The number of pyridine rings is 1. The number of para-hydroxylation sites is 1. The normalized spacial score (nSPS) is 11.2. The maximum atomic E-state index is 13.5. The van der Waals surface area contributed by atoms with Crippen molar-refractivity contribution in [3.8, 4) is 5.75 Å². The summed E-state index contributed by atoms with van der Waals surface area (Å²) in [5, 5.41) is 5.17. The molecule has 1 amide bonds. The van der Waals surface area contributed by atoms with Crippen LogP contribution in [0.15, 0.2) is 67.0 Å². The van der Waals surface area contributed by atoms with Gasteiger partial charge in [-0.3, -0.25) is 9.78 Å². The molecule has 35 heavy (non-hydrogen) atoms. The van der Waals surface area contributed by atoms with Crippen molar-refractivity contribution in [3.63, 3.8) is 0 Å². The van der Waals surface area contributed by atoms with Gasteiger partial charge in [0.1, 0.15) is 11.6 Å². The van der Waals surface area contributed by atoms with Crippen LogP contribution in [0.25, 0.3) is 21.8 Å². The molecule has 2 aromatic heterocycles. The summed E-state index contributed by atoms with van der Waals surface area (Å²) in [5.74, 6) is -0.168. The van der Waals surface area contributed by atoms with Crippen LogP contribution in [0.5, 0.6) is 5.75 Å². The monoisotopic (exact) mass is 527 g/mol. The molecule has 176 valence electrons. The van der Waals surface area contributed by atoms with Gasteiger partial charge in [0, 0.05) is 35.3 Å². The van der Waals surface area contributed by atoms with Crippen LogP contribution >= 0.6 is 34.8 Å². The predicted molar refractivity (Wildman–Crippen MR) is 139 cm³/mol. The molecule has 5 rings (SSSR count). The van der Waals surface area contributed by atoms with E-state index in [-0.39, 0.29) is 21.5 Å². The van der Waals surface area contributed by atoms with Gasteiger partial charge >= 0.3 is 0 Å². The molecule has 0 saturated heterocycles. The molecule has 9 heteroatoms. The Balaban J connectivity index is 1.76. The number of nitrogens with one attached hydrogen (secondary N) is 1. The van der Waals surface area contributed by atoms with Crippen molar-refractivity contribution in [1.29, 1.82) is 0 Å². The number of nitrogens with zero attached hydrogens (tertiary/aromatic N) is 2. The van der Waals surface area contributed by atoms with Crippen LogP contribution in [0.4, 0.5) is 10.1 Å². The lowest BCUT2D eigenvalue weighted by molar-refractivity contribution is 0.102. The molecule has 2 heterocycles. The molecular weight excluding hydrogens is 512 g/mol. The topological polar surface area (TPSA) is 56.1 Å². The zero-order valence-electron chi connectivity index (χ0n) is 18.3. The van der Waals surface area contributed by atoms with Gasteiger partial charge in [-0.05, 0) is 35.9 Å². The van der Waals surface area contributed by atoms with Crippen molar-refractivity contribution in [3.05, 3.63) is 99.0 Å². The van der Waals surface area contributed by atoms with Gasteiger partial charge in [0.15, 0.2) is 0 Å². The van der Waals surface area contributed by atoms with Crippen LogP contribution in [0.2, 0.25) is 15.1 Å². The van der Waals surface area contributed by atoms with Crippen LogP contribution in [0.3, 0.4) is 0 Å². The van der Waals surface area contributed by atoms with Gasteiger partial charge in [-0.2, -0.15) is 0 Å². The highest BCUT2D eigenvalue weighted by atomic mass is 35.5. The standard InChI is InChI=1S/C26H17Cl3FN3O2/c1-35-21-10-9-17(26(34)32-23-19(28)11-31-12-20(23)29)22-16-3-2-4-18(27)24(16)33(25(21)22)13-14-5-7-15(30)8-6-14/h2-12H,13H2,1H3,(H,31,32,34). The molecule has 0 aliphatic heterocycles. The van der Waals surface area contributed by atoms with Crippen molar-refractivity contribution < 1.29 is 13.9 Å². The highest BCUT2D eigenvalue weighted by Crippen LogP contribution is 2.41. The minimum atomic E-state index is -0.409. The zero-order chi connectivity index (χ0) is 24.7. The number of benzene rings is 3. The van der Waals surface area contributed by atoms with Crippen molar-refractivity contribution in [1.82, 2.24) is 9.55 Å². The summed E-state index contributed by atoms with van der Waals surface area (Å²) in [6.07, 6.45) is 2.81. The van der Waals surface area contributed by atoms with Gasteiger partial charge < -0.3 is 14.6 Å². The molecule has 5 aromatic rings. The third kappa shape index (κ3) is 4.18. The smallest absolute Gasteiger partial charge is 0.256 e. The van der Waals surface area contributed by atoms with Crippen LogP contribution in [0, 0.1) is 5.82 Å². The Labute approximate surface area is 215 Å². The van der Waals surface area contributed by atoms with Gasteiger partial charge in [-0.25, -0.2) is 4.39 Å². The summed E-state index contributed by atoms with van der Waals surface area (Å²) in [7, 11) is 1.56. The molecule has 0 saturated carbocycles. The molecule has 0 spiro atoms. The Hall–Kier alpha value is -3.32. The summed E-state index contributed by atoms with van der Waals surface area (Å²) >= 11 is 19.1. The van der Waals surface area contributed by atoms with E-state index in [1.165, 1.54) is 24.5 Å². The highest BCUT2D eigenvalue weighted by molar-refractivity contribution is 6.40. The number of fused-ring (bicyclic) bond motifs is 3. The molecule has 0 aliphatic rings. The number of halogens is 4. The van der Waals surface area contributed by atoms with E-state index >= 15 is 0 Å². The highest BCUT2D eigenvalue weighted by Gasteiger charge is 2.23. The quantitative estimate of drug-likeness (QED) is 0.256. The number of rotatable bonds is 5. The summed E-state index contributed by atoms with van der Waals surface area (Å²) in [6, 6.07) is 15.1. The number of carbonyl (C=O) groups is 1. The fourth-order valence-electron chi connectivity index (χ4n) is 4.21. The maximum absolute atomic E-state index is 13.5. The minimum Gasteiger partial charge on any atom is -0.495 e. The Morgan fingerprint density at radius 2 is 1.69 bits per heavy atom. The van der Waals surface area contributed by atoms with Gasteiger partial charge in [0.05, 0.1) is 38.9 Å². The Morgan fingerprint density at radius 3 is 2.37 bits per heavy atom. The summed E-state index contributed by atoms with van der Waals surface area (Å²) in [5.41, 5.74) is 2.92. The van der Waals surface area contributed by atoms with Crippen molar-refractivity contribution in [2.45, 2.75) is 6.54 Å². The lowest BCUT2D eigenvalue weighted by Gasteiger charge is -2.13. The van der Waals surface area contributed by atoms with E-state index in [0.29, 0.717) is 33.8 Å². The molecule has 0 bridgehead atoms. The average molecular weight is 529 g/mol. The zero-order valence-corrected chi connectivity index (χ0v) is 20.5. The first-order valence-corrected chi connectivity index (χ1v) is 11.6. The van der Waals surface area contributed by atoms with Crippen molar-refractivity contribution in [2.75, 3.05) is 12.4 Å². The number of methoxy groups -OCH3 is 1. The Morgan fingerprint density at radius 1 is 0.971 bits per heavy atom. The van der Waals surface area contributed by atoms with Crippen LogP contribution in [-0.4, -0.2) is 22.6 Å². The molecule has 0 aliphatic carbocycles. The van der Waals surface area contributed by atoms with E-state index in [1.54, 1.807) is 37.4 Å². The van der Waals surface area contributed by atoms with E-state index in [0.717, 1.165) is 16.5 Å². The fraction of sp³-hybridized carbons (Fsp3) is 0.0769. The van der Waals surface area contributed by atoms with Crippen LogP contribution in [-0.2, 0) is 6.54 Å². The van der Waals surface area contributed by atoms with E-state index in [9.17, 15) is 9.18 Å². The van der Waals surface area contributed by atoms with E-state index in [4.69, 9.17) is 39.5 Å². The first-order valence-electron chi connectivity index (χ1n) is 10.5. The Kier molecular flexibility index (Phi) is 6.28. The number of hydrogen-bond acceptors (Lipinski definition) is 3. The van der Waals surface area contributed by atoms with Crippen molar-refractivity contribution >= 4 is 68.2 Å². The minimum absolute atomic E-state index is 0.220. The number of aromatic nitrogens is 2.